The number of hydrogen-bond acceptors (Lipinski definition) is 0. The van der Waals surface area contributed by atoms with Crippen LogP contribution >= 0.6 is 7.14 Å². The van der Waals surface area contributed by atoms with Crippen molar-refractivity contribution in [2.24, 2.45) is 0 Å². The van der Waals surface area contributed by atoms with E-state index in [9.17, 15) is 0 Å². The van der Waals surface area contributed by atoms with Gasteiger partial charge in [0, 0.05) is 13.3 Å². The summed E-state index contributed by atoms with van der Waals surface area (Å²) in [5.74, 6) is 2.53. The van der Waals surface area contributed by atoms with Crippen molar-refractivity contribution >= 4 is 14.7 Å². The summed E-state index contributed by atoms with van der Waals surface area (Å²) in [5, 5.41) is 0. The van der Waals surface area contributed by atoms with Crippen LogP contribution in [0.4, 0.5) is 0 Å². The van der Waals surface area contributed by atoms with Gasteiger partial charge in [-0.1, -0.05) is 5.92 Å². The third kappa shape index (κ3) is 6.05. The fraction of sp³-hybridized carbons (Fsp3) is 0.600. The first-order valence-corrected chi connectivity index (χ1v) is 5.05. The molecular formula is C5H9BP+. The van der Waals surface area contributed by atoms with E-state index in [1.54, 1.807) is 0 Å². The molecule has 0 aliphatic rings. The van der Waals surface area contributed by atoms with Gasteiger partial charge in [0.25, 0.3) is 0 Å². The molecule has 2 heteroatoms. The molecule has 2 radical (unpaired) electrons. The molecule has 0 atom stereocenters. The second kappa shape index (κ2) is 2.38. The standard InChI is InChI=1S/C5H9BP/c1-4-5-7(2,3)6/h1H,5H2,2-3H3/q+1. The topological polar surface area (TPSA) is 0 Å². The lowest BCUT2D eigenvalue weighted by Gasteiger charge is -2.04. The Balaban J connectivity index is 3.40. The molecule has 0 aliphatic carbocycles. The zero-order valence-corrected chi connectivity index (χ0v) is 5.70. The summed E-state index contributed by atoms with van der Waals surface area (Å²) in [5.41, 5.74) is 0. The lowest BCUT2D eigenvalue weighted by molar-refractivity contribution is 1.84. The predicted molar refractivity (Wildman–Crippen MR) is 38.2 cm³/mol. The second-order valence-electron chi connectivity index (χ2n) is 2.14. The van der Waals surface area contributed by atoms with Gasteiger partial charge < -0.3 is 0 Å². The summed E-state index contributed by atoms with van der Waals surface area (Å²) >= 11 is 0. The van der Waals surface area contributed by atoms with Crippen LogP contribution in [-0.2, 0) is 0 Å². The van der Waals surface area contributed by atoms with E-state index < -0.39 is 7.14 Å². The molecule has 7 heavy (non-hydrogen) atoms. The number of terminal acetylenes is 1. The summed E-state index contributed by atoms with van der Waals surface area (Å²) in [6.07, 6.45) is 5.77. The molecular weight excluding hydrogens is 102 g/mol. The van der Waals surface area contributed by atoms with E-state index in [-0.39, 0.29) is 0 Å². The monoisotopic (exact) mass is 111 g/mol. The Morgan fingerprint density at radius 3 is 2.14 bits per heavy atom. The van der Waals surface area contributed by atoms with Gasteiger partial charge in [0.2, 0.25) is 0 Å². The quantitative estimate of drug-likeness (QED) is 0.268. The molecule has 0 fully saturated rings. The van der Waals surface area contributed by atoms with Crippen LogP contribution in [0.3, 0.4) is 0 Å². The smallest absolute Gasteiger partial charge is 0.116 e. The Kier molecular flexibility index (Phi) is 2.40. The minimum atomic E-state index is -1.15. The average Bonchev–Trinajstić information content (AvgIpc) is 1.30. The molecule has 0 spiro atoms. The Morgan fingerprint density at radius 1 is 1.71 bits per heavy atom. The normalized spacial score (nSPS) is 10.4. The molecule has 0 aliphatic heterocycles. The maximum Gasteiger partial charge on any atom is 0.365 e. The molecule has 0 heterocycles. The van der Waals surface area contributed by atoms with E-state index in [0.717, 1.165) is 6.16 Å². The van der Waals surface area contributed by atoms with Gasteiger partial charge in [-0.2, -0.15) is 0 Å². The lowest BCUT2D eigenvalue weighted by Crippen LogP contribution is -1.89. The largest absolute Gasteiger partial charge is 0.365 e. The van der Waals surface area contributed by atoms with Gasteiger partial charge in [-0.05, 0) is 7.14 Å². The molecule has 0 saturated heterocycles. The van der Waals surface area contributed by atoms with E-state index >= 15 is 0 Å². The first kappa shape index (κ1) is 7.05. The predicted octanol–water partition coefficient (Wildman–Crippen LogP) is 0.980. The molecule has 0 aromatic heterocycles. The molecule has 0 aromatic rings. The van der Waals surface area contributed by atoms with Crippen molar-refractivity contribution in [2.75, 3.05) is 19.5 Å². The first-order chi connectivity index (χ1) is 3.06. The number of rotatable bonds is 1. The highest BCUT2D eigenvalue weighted by atomic mass is 31.2. The van der Waals surface area contributed by atoms with Crippen molar-refractivity contribution in [3.8, 4) is 12.3 Å². The molecule has 0 unspecified atom stereocenters. The Morgan fingerprint density at radius 2 is 2.14 bits per heavy atom. The van der Waals surface area contributed by atoms with Crippen LogP contribution in [0.5, 0.6) is 0 Å². The van der Waals surface area contributed by atoms with Crippen molar-refractivity contribution in [2.45, 2.75) is 0 Å². The third-order valence-electron chi connectivity index (χ3n) is 0.499. The molecule has 36 valence electrons. The molecule has 0 N–H and O–H groups in total. The summed E-state index contributed by atoms with van der Waals surface area (Å²) in [6.45, 7) is 4.04. The van der Waals surface area contributed by atoms with E-state index in [0.29, 0.717) is 0 Å². The van der Waals surface area contributed by atoms with Crippen molar-refractivity contribution in [3.05, 3.63) is 0 Å². The van der Waals surface area contributed by atoms with Crippen LogP contribution in [0.2, 0.25) is 0 Å². The highest BCUT2D eigenvalue weighted by Gasteiger charge is 2.14. The van der Waals surface area contributed by atoms with Crippen molar-refractivity contribution in [3.63, 3.8) is 0 Å². The van der Waals surface area contributed by atoms with Crippen LogP contribution in [0, 0.1) is 12.3 Å². The van der Waals surface area contributed by atoms with Gasteiger partial charge in [-0.25, -0.2) is 0 Å². The van der Waals surface area contributed by atoms with Crippen molar-refractivity contribution < 1.29 is 0 Å². The summed E-state index contributed by atoms with van der Waals surface area (Å²) in [6, 6.07) is 0. The van der Waals surface area contributed by atoms with Crippen LogP contribution in [0.25, 0.3) is 0 Å². The van der Waals surface area contributed by atoms with E-state index in [1.165, 1.54) is 0 Å². The summed E-state index contributed by atoms with van der Waals surface area (Å²) in [7, 11) is 4.46. The fourth-order valence-electron chi connectivity index (χ4n) is 0.235. The zero-order valence-electron chi connectivity index (χ0n) is 4.81. The SMILES string of the molecule is [B][P+](C)(C)CC#C. The Labute approximate surface area is 47.4 Å². The molecule has 0 bridgehead atoms. The maximum atomic E-state index is 5.61. The second-order valence-corrected chi connectivity index (χ2v) is 6.01. The van der Waals surface area contributed by atoms with Gasteiger partial charge in [-0.3, -0.25) is 0 Å². The lowest BCUT2D eigenvalue weighted by atomic mass is 10.7. The number of hydrogen-bond donors (Lipinski definition) is 0. The molecule has 0 amide bonds. The highest BCUT2D eigenvalue weighted by molar-refractivity contribution is 7.96. The van der Waals surface area contributed by atoms with Crippen molar-refractivity contribution in [1.29, 1.82) is 0 Å². The average molecular weight is 111 g/mol. The first-order valence-electron chi connectivity index (χ1n) is 2.11. The summed E-state index contributed by atoms with van der Waals surface area (Å²) < 4.78 is 0. The molecule has 0 aromatic carbocycles. The molecule has 0 saturated carbocycles. The fourth-order valence-corrected chi connectivity index (χ4v) is 0.706. The summed E-state index contributed by atoms with van der Waals surface area (Å²) in [4.78, 5) is 0. The maximum absolute atomic E-state index is 5.61. The van der Waals surface area contributed by atoms with Gasteiger partial charge in [0.15, 0.2) is 0 Å². The van der Waals surface area contributed by atoms with Gasteiger partial charge >= 0.3 is 7.57 Å². The molecule has 0 nitrogen and oxygen atoms in total. The van der Waals surface area contributed by atoms with Crippen LogP contribution in [0.1, 0.15) is 0 Å². The van der Waals surface area contributed by atoms with Crippen LogP contribution in [-0.4, -0.2) is 27.1 Å². The van der Waals surface area contributed by atoms with E-state index in [4.69, 9.17) is 14.0 Å². The Hall–Kier alpha value is 0.0549. The van der Waals surface area contributed by atoms with Crippen molar-refractivity contribution in [1.82, 2.24) is 0 Å². The van der Waals surface area contributed by atoms with Crippen LogP contribution < -0.4 is 0 Å². The highest BCUT2D eigenvalue weighted by Crippen LogP contribution is 2.43. The Bertz CT molecular complexity index is 85.2. The molecule has 0 rings (SSSR count). The van der Waals surface area contributed by atoms with Crippen LogP contribution in [0.15, 0.2) is 0 Å². The zero-order chi connectivity index (χ0) is 5.91. The van der Waals surface area contributed by atoms with Gasteiger partial charge in [-0.15, -0.1) is 6.42 Å². The third-order valence-corrected chi connectivity index (χ3v) is 1.50. The van der Waals surface area contributed by atoms with Gasteiger partial charge in [0.05, 0.1) is 0 Å². The minimum Gasteiger partial charge on any atom is -0.116 e. The van der Waals surface area contributed by atoms with E-state index in [2.05, 4.69) is 5.92 Å². The van der Waals surface area contributed by atoms with Gasteiger partial charge in [0.1, 0.15) is 6.16 Å². The van der Waals surface area contributed by atoms with E-state index in [1.807, 2.05) is 13.3 Å². The minimum absolute atomic E-state index is 0.757.